The van der Waals surface area contributed by atoms with E-state index in [1.54, 1.807) is 6.33 Å². The van der Waals surface area contributed by atoms with E-state index in [0.29, 0.717) is 10.8 Å². The van der Waals surface area contributed by atoms with Crippen LogP contribution in [0.15, 0.2) is 30.6 Å². The summed E-state index contributed by atoms with van der Waals surface area (Å²) in [6.07, 6.45) is 3.24. The second kappa shape index (κ2) is 7.89. The second-order valence-corrected chi connectivity index (χ2v) is 9.08. The molecular formula is C23H26ClN5O2. The molecule has 1 aliphatic carbocycles. The zero-order chi connectivity index (χ0) is 21.7. The topological polar surface area (TPSA) is 108 Å². The third-order valence-electron chi connectivity index (χ3n) is 6.85. The summed E-state index contributed by atoms with van der Waals surface area (Å²) in [5.74, 6) is 1.25. The highest BCUT2D eigenvalue weighted by atomic mass is 35.5. The van der Waals surface area contributed by atoms with Crippen LogP contribution in [0.25, 0.3) is 10.9 Å². The molecule has 1 fully saturated rings. The first-order valence-electron chi connectivity index (χ1n) is 10.7. The highest BCUT2D eigenvalue weighted by Gasteiger charge is 2.45. The lowest BCUT2D eigenvalue weighted by atomic mass is 9.95. The van der Waals surface area contributed by atoms with Gasteiger partial charge < -0.3 is 20.8 Å². The molecule has 1 saturated carbocycles. The minimum Gasteiger partial charge on any atom is -0.390 e. The Kier molecular flexibility index (Phi) is 5.20. The molecule has 8 heteroatoms. The van der Waals surface area contributed by atoms with Gasteiger partial charge in [-0.25, -0.2) is 15.0 Å². The van der Waals surface area contributed by atoms with E-state index in [9.17, 15) is 10.2 Å². The molecule has 3 aromatic rings. The number of nitrogens with two attached hydrogens (primary N) is 1. The van der Waals surface area contributed by atoms with Gasteiger partial charge in [0.1, 0.15) is 24.1 Å². The van der Waals surface area contributed by atoms with E-state index in [1.807, 2.05) is 25.1 Å². The molecule has 0 spiro atoms. The van der Waals surface area contributed by atoms with Crippen molar-refractivity contribution in [2.24, 2.45) is 5.92 Å². The Hall–Kier alpha value is -2.48. The minimum atomic E-state index is -0.786. The monoisotopic (exact) mass is 439 g/mol. The number of hydrogen-bond acceptors (Lipinski definition) is 7. The molecule has 0 unspecified atom stereocenters. The predicted octanol–water partition coefficient (Wildman–Crippen LogP) is 2.67. The van der Waals surface area contributed by atoms with Crippen molar-refractivity contribution in [3.63, 3.8) is 0 Å². The maximum absolute atomic E-state index is 10.8. The van der Waals surface area contributed by atoms with E-state index in [2.05, 4.69) is 25.9 Å². The van der Waals surface area contributed by atoms with E-state index in [1.165, 1.54) is 0 Å². The van der Waals surface area contributed by atoms with Gasteiger partial charge in [0.15, 0.2) is 0 Å². The Morgan fingerprint density at radius 3 is 2.87 bits per heavy atom. The van der Waals surface area contributed by atoms with E-state index in [4.69, 9.17) is 17.3 Å². The van der Waals surface area contributed by atoms with E-state index in [0.717, 1.165) is 65.8 Å². The van der Waals surface area contributed by atoms with Crippen molar-refractivity contribution >= 4 is 34.1 Å². The van der Waals surface area contributed by atoms with Crippen LogP contribution in [0.3, 0.4) is 0 Å². The van der Waals surface area contributed by atoms with Crippen LogP contribution in [-0.4, -0.2) is 50.0 Å². The predicted molar refractivity (Wildman–Crippen MR) is 121 cm³/mol. The lowest BCUT2D eigenvalue weighted by Crippen LogP contribution is -2.43. The molecule has 162 valence electrons. The lowest BCUT2D eigenvalue weighted by molar-refractivity contribution is 0.0131. The zero-order valence-electron chi connectivity index (χ0n) is 17.4. The number of aliphatic hydroxyl groups excluding tert-OH is 2. The highest BCUT2D eigenvalue weighted by Crippen LogP contribution is 2.38. The number of benzene rings is 1. The Morgan fingerprint density at radius 1 is 1.19 bits per heavy atom. The molecule has 0 saturated heterocycles. The van der Waals surface area contributed by atoms with Crippen molar-refractivity contribution < 1.29 is 10.2 Å². The Labute approximate surface area is 185 Å². The molecule has 0 amide bonds. The number of fused-ring (bicyclic) bond motifs is 2. The summed E-state index contributed by atoms with van der Waals surface area (Å²) in [6, 6.07) is 7.77. The van der Waals surface area contributed by atoms with Crippen molar-refractivity contribution in [2.45, 2.75) is 50.9 Å². The van der Waals surface area contributed by atoms with Crippen molar-refractivity contribution in [1.29, 1.82) is 0 Å². The molecular weight excluding hydrogens is 414 g/mol. The minimum absolute atomic E-state index is 0.0194. The van der Waals surface area contributed by atoms with Gasteiger partial charge in [-0.2, -0.15) is 0 Å². The van der Waals surface area contributed by atoms with Gasteiger partial charge in [0.05, 0.1) is 22.7 Å². The van der Waals surface area contributed by atoms with Gasteiger partial charge in [0, 0.05) is 23.2 Å². The molecule has 2 aliphatic rings. The summed E-state index contributed by atoms with van der Waals surface area (Å²) in [6.45, 7) is 2.79. The zero-order valence-corrected chi connectivity index (χ0v) is 18.1. The molecule has 31 heavy (non-hydrogen) atoms. The Morgan fingerprint density at radius 2 is 2.03 bits per heavy atom. The van der Waals surface area contributed by atoms with Crippen LogP contribution in [0.2, 0.25) is 5.02 Å². The van der Waals surface area contributed by atoms with Gasteiger partial charge in [-0.15, -0.1) is 0 Å². The van der Waals surface area contributed by atoms with E-state index in [-0.39, 0.29) is 12.0 Å². The molecule has 7 nitrogen and oxygen atoms in total. The van der Waals surface area contributed by atoms with Crippen LogP contribution in [0, 0.1) is 12.8 Å². The molecule has 1 aliphatic heterocycles. The third kappa shape index (κ3) is 3.60. The first-order chi connectivity index (χ1) is 14.9. The number of nitrogen functional groups attached to an aromatic ring is 1. The summed E-state index contributed by atoms with van der Waals surface area (Å²) in [4.78, 5) is 15.3. The molecule has 4 N–H and O–H groups in total. The fourth-order valence-electron chi connectivity index (χ4n) is 5.09. The average Bonchev–Trinajstić information content (AvgIpc) is 3.30. The fraction of sp³-hybridized carbons (Fsp3) is 0.435. The number of aromatic nitrogens is 3. The first-order valence-corrected chi connectivity index (χ1v) is 11.1. The Balaban J connectivity index is 1.30. The molecule has 5 rings (SSSR count). The fourth-order valence-corrected chi connectivity index (χ4v) is 5.25. The molecule has 3 heterocycles. The van der Waals surface area contributed by atoms with Crippen LogP contribution in [0.4, 0.5) is 11.6 Å². The van der Waals surface area contributed by atoms with E-state index >= 15 is 0 Å². The van der Waals surface area contributed by atoms with Crippen LogP contribution < -0.4 is 10.6 Å². The number of halogens is 1. The maximum atomic E-state index is 10.8. The summed E-state index contributed by atoms with van der Waals surface area (Å²) in [5.41, 5.74) is 9.92. The van der Waals surface area contributed by atoms with Gasteiger partial charge in [-0.1, -0.05) is 23.7 Å². The van der Waals surface area contributed by atoms with Gasteiger partial charge >= 0.3 is 0 Å². The molecule has 0 bridgehead atoms. The van der Waals surface area contributed by atoms with Gasteiger partial charge in [-0.3, -0.25) is 0 Å². The van der Waals surface area contributed by atoms with Gasteiger partial charge in [-0.05, 0) is 56.2 Å². The van der Waals surface area contributed by atoms with Crippen LogP contribution in [0.1, 0.15) is 29.7 Å². The molecule has 1 aromatic carbocycles. The quantitative estimate of drug-likeness (QED) is 0.573. The number of aliphatic hydroxyl groups is 2. The van der Waals surface area contributed by atoms with Crippen LogP contribution in [-0.2, 0) is 12.8 Å². The normalized spacial score (nSPS) is 25.4. The highest BCUT2D eigenvalue weighted by molar-refractivity contribution is 6.33. The maximum Gasteiger partial charge on any atom is 0.142 e. The number of nitrogens with zero attached hydrogens (tertiary/aromatic N) is 4. The van der Waals surface area contributed by atoms with Crippen molar-refractivity contribution in [3.8, 4) is 0 Å². The second-order valence-electron chi connectivity index (χ2n) is 8.67. The summed E-state index contributed by atoms with van der Waals surface area (Å²) in [7, 11) is 0. The average molecular weight is 440 g/mol. The largest absolute Gasteiger partial charge is 0.390 e. The molecule has 2 aromatic heterocycles. The van der Waals surface area contributed by atoms with Gasteiger partial charge in [0.2, 0.25) is 0 Å². The van der Waals surface area contributed by atoms with Crippen LogP contribution >= 0.6 is 11.6 Å². The van der Waals surface area contributed by atoms with Crippen molar-refractivity contribution in [1.82, 2.24) is 15.0 Å². The summed E-state index contributed by atoms with van der Waals surface area (Å²) >= 11 is 6.06. The number of anilines is 2. The SMILES string of the molecule is Cc1ncnc2c1CCN2[C@@H]1C[C@H](CCc2ccc3cc(Cl)c(N)nc3c2)[C@@H](O)[C@H]1O. The summed E-state index contributed by atoms with van der Waals surface area (Å²) < 4.78 is 0. The lowest BCUT2D eigenvalue weighted by Gasteiger charge is -2.28. The van der Waals surface area contributed by atoms with Gasteiger partial charge in [0.25, 0.3) is 0 Å². The number of hydrogen-bond donors (Lipinski definition) is 3. The summed E-state index contributed by atoms with van der Waals surface area (Å²) in [5, 5.41) is 23.0. The number of aryl methyl sites for hydroxylation is 2. The van der Waals surface area contributed by atoms with Crippen LogP contribution in [0.5, 0.6) is 0 Å². The first kappa shape index (κ1) is 20.4. The Bertz CT molecular complexity index is 1140. The third-order valence-corrected chi connectivity index (χ3v) is 7.15. The standard InChI is InChI=1S/C23H26ClN5O2/c1-12-16-6-7-29(23(16)27-11-26-12)19-10-15(20(30)21(19)31)5-3-13-2-4-14-9-17(24)22(25)28-18(14)8-13/h2,4,8-9,11,15,19-21,30-31H,3,5-7,10H2,1H3,(H2,25,28)/t15-,19+,20+,21-/m0/s1. The smallest absolute Gasteiger partial charge is 0.142 e. The van der Waals surface area contributed by atoms with Crippen molar-refractivity contribution in [3.05, 3.63) is 52.4 Å². The van der Waals surface area contributed by atoms with Crippen molar-refractivity contribution in [2.75, 3.05) is 17.2 Å². The van der Waals surface area contributed by atoms with E-state index < -0.39 is 12.2 Å². The number of pyridine rings is 1. The number of rotatable bonds is 4. The molecule has 4 atom stereocenters. The molecule has 0 radical (unpaired) electrons.